The molecule has 0 bridgehead atoms. The molecule has 0 atom stereocenters. The van der Waals surface area contributed by atoms with Crippen molar-refractivity contribution in [1.29, 1.82) is 0 Å². The molecule has 0 aliphatic carbocycles. The van der Waals surface area contributed by atoms with Crippen molar-refractivity contribution in [2.24, 2.45) is 0 Å². The van der Waals surface area contributed by atoms with Crippen LogP contribution >= 0.6 is 0 Å². The highest BCUT2D eigenvalue weighted by Crippen LogP contribution is 2.17. The number of aromatic nitrogens is 4. The van der Waals surface area contributed by atoms with E-state index in [1.54, 1.807) is 30.6 Å². The molecule has 124 valence electrons. The fourth-order valence-electron chi connectivity index (χ4n) is 2.50. The molecular weight excluding hydrogens is 323 g/mol. The average Bonchev–Trinajstić information content (AvgIpc) is 3.06. The van der Waals surface area contributed by atoms with Crippen molar-refractivity contribution in [1.82, 2.24) is 19.6 Å². The van der Waals surface area contributed by atoms with Gasteiger partial charge in [-0.2, -0.15) is 0 Å². The van der Waals surface area contributed by atoms with Crippen molar-refractivity contribution in [2.75, 3.05) is 0 Å². The van der Waals surface area contributed by atoms with Gasteiger partial charge in [-0.05, 0) is 24.3 Å². The third-order valence-electron chi connectivity index (χ3n) is 3.66. The zero-order chi connectivity index (χ0) is 17.2. The van der Waals surface area contributed by atoms with Crippen molar-refractivity contribution in [2.45, 2.75) is 6.61 Å². The van der Waals surface area contributed by atoms with Gasteiger partial charge in [-0.25, -0.2) is 13.9 Å². The summed E-state index contributed by atoms with van der Waals surface area (Å²) in [4.78, 5) is 20.7. The molecule has 4 rings (SSSR count). The quantitative estimate of drug-likeness (QED) is 0.622. The Morgan fingerprint density at radius 1 is 1.16 bits per heavy atom. The normalized spacial score (nSPS) is 10.9. The smallest absolute Gasteiger partial charge is 0.273 e. The predicted octanol–water partition coefficient (Wildman–Crippen LogP) is 2.80. The molecule has 0 unspecified atom stereocenters. The summed E-state index contributed by atoms with van der Waals surface area (Å²) < 4.78 is 20.0. The molecule has 0 spiro atoms. The minimum absolute atomic E-state index is 0.0720. The number of hydrogen-bond donors (Lipinski definition) is 1. The predicted molar refractivity (Wildman–Crippen MR) is 89.8 cm³/mol. The summed E-state index contributed by atoms with van der Waals surface area (Å²) in [6.45, 7) is 0.0720. The average molecular weight is 336 g/mol. The molecule has 0 radical (unpaired) electrons. The lowest BCUT2D eigenvalue weighted by Crippen LogP contribution is -2.16. The van der Waals surface area contributed by atoms with Gasteiger partial charge in [-0.1, -0.05) is 6.07 Å². The van der Waals surface area contributed by atoms with E-state index in [1.165, 1.54) is 22.7 Å². The van der Waals surface area contributed by atoms with Crippen LogP contribution in [0.1, 0.15) is 5.69 Å². The highest BCUT2D eigenvalue weighted by molar-refractivity contribution is 5.62. The zero-order valence-corrected chi connectivity index (χ0v) is 13.0. The number of pyridine rings is 1. The van der Waals surface area contributed by atoms with E-state index in [0.717, 1.165) is 11.3 Å². The van der Waals surface area contributed by atoms with E-state index in [9.17, 15) is 9.18 Å². The zero-order valence-electron chi connectivity index (χ0n) is 13.0. The van der Waals surface area contributed by atoms with Gasteiger partial charge in [0.25, 0.3) is 5.56 Å². The molecule has 3 heterocycles. The number of halogens is 1. The van der Waals surface area contributed by atoms with E-state index >= 15 is 0 Å². The van der Waals surface area contributed by atoms with Crippen molar-refractivity contribution in [3.05, 3.63) is 82.8 Å². The fraction of sp³-hybridized carbons (Fsp3) is 0.0556. The van der Waals surface area contributed by atoms with Crippen LogP contribution in [0, 0.1) is 5.82 Å². The third-order valence-corrected chi connectivity index (χ3v) is 3.66. The number of hydrogen-bond acceptors (Lipinski definition) is 4. The van der Waals surface area contributed by atoms with E-state index in [1.807, 2.05) is 12.1 Å². The Labute approximate surface area is 141 Å². The highest BCUT2D eigenvalue weighted by Gasteiger charge is 2.08. The lowest BCUT2D eigenvalue weighted by molar-refractivity contribution is 0.299. The highest BCUT2D eigenvalue weighted by atomic mass is 19.1. The maximum atomic E-state index is 13.2. The SMILES string of the molecule is O=c1cc(COc2cccc(F)c2)nc2cc(-c3cccnc3)[nH]n12. The minimum atomic E-state index is -0.382. The van der Waals surface area contributed by atoms with Crippen LogP contribution in [-0.2, 0) is 6.61 Å². The van der Waals surface area contributed by atoms with Crippen LogP contribution in [0.4, 0.5) is 4.39 Å². The first-order valence-electron chi connectivity index (χ1n) is 7.59. The summed E-state index contributed by atoms with van der Waals surface area (Å²) in [5.74, 6) is -0.000144. The standard InChI is InChI=1S/C18H13FN4O2/c19-13-4-1-5-15(7-13)25-11-14-8-18(24)23-17(21-14)9-16(22-23)12-3-2-6-20-10-12/h1-10,22H,11H2. The summed E-state index contributed by atoms with van der Waals surface area (Å²) in [5, 5.41) is 3.00. The van der Waals surface area contributed by atoms with Crippen LogP contribution in [0.2, 0.25) is 0 Å². The molecule has 4 aromatic rings. The number of nitrogens with zero attached hydrogens (tertiary/aromatic N) is 3. The van der Waals surface area contributed by atoms with Crippen LogP contribution in [0.25, 0.3) is 16.9 Å². The molecule has 0 amide bonds. The maximum absolute atomic E-state index is 13.2. The number of benzene rings is 1. The molecular formula is C18H13FN4O2. The topological polar surface area (TPSA) is 72.3 Å². The Bertz CT molecular complexity index is 1090. The van der Waals surface area contributed by atoms with Gasteiger partial charge in [0, 0.05) is 36.2 Å². The Morgan fingerprint density at radius 2 is 2.08 bits per heavy atom. The second kappa shape index (κ2) is 6.20. The van der Waals surface area contributed by atoms with Crippen molar-refractivity contribution in [3.8, 4) is 17.0 Å². The molecule has 1 aromatic carbocycles. The minimum Gasteiger partial charge on any atom is -0.487 e. The van der Waals surface area contributed by atoms with E-state index in [-0.39, 0.29) is 18.0 Å². The molecule has 25 heavy (non-hydrogen) atoms. The second-order valence-corrected chi connectivity index (χ2v) is 5.44. The molecule has 0 saturated heterocycles. The van der Waals surface area contributed by atoms with Gasteiger partial charge in [0.15, 0.2) is 5.65 Å². The van der Waals surface area contributed by atoms with Crippen molar-refractivity contribution in [3.63, 3.8) is 0 Å². The Morgan fingerprint density at radius 3 is 2.88 bits per heavy atom. The number of H-pyrrole nitrogens is 1. The maximum Gasteiger partial charge on any atom is 0.273 e. The van der Waals surface area contributed by atoms with Gasteiger partial charge in [0.1, 0.15) is 18.2 Å². The summed E-state index contributed by atoms with van der Waals surface area (Å²) in [6, 6.07) is 12.7. The second-order valence-electron chi connectivity index (χ2n) is 5.44. The molecule has 0 aliphatic heterocycles. The monoisotopic (exact) mass is 336 g/mol. The molecule has 3 aromatic heterocycles. The molecule has 1 N–H and O–H groups in total. The van der Waals surface area contributed by atoms with Crippen LogP contribution in [-0.4, -0.2) is 19.6 Å². The van der Waals surface area contributed by atoms with Crippen molar-refractivity contribution >= 4 is 5.65 Å². The van der Waals surface area contributed by atoms with Gasteiger partial charge in [-0.3, -0.25) is 14.9 Å². The van der Waals surface area contributed by atoms with E-state index in [0.29, 0.717) is 17.1 Å². The number of rotatable bonds is 4. The van der Waals surface area contributed by atoms with Crippen molar-refractivity contribution < 1.29 is 9.13 Å². The summed E-state index contributed by atoms with van der Waals surface area (Å²) in [6.07, 6.45) is 3.38. The first-order valence-corrected chi connectivity index (χ1v) is 7.59. The number of nitrogens with one attached hydrogen (secondary N) is 1. The largest absolute Gasteiger partial charge is 0.487 e. The van der Waals surface area contributed by atoms with Crippen LogP contribution < -0.4 is 10.3 Å². The van der Waals surface area contributed by atoms with E-state index in [2.05, 4.69) is 15.1 Å². The van der Waals surface area contributed by atoms with Gasteiger partial charge in [0.05, 0.1) is 11.4 Å². The number of ether oxygens (including phenoxy) is 1. The van der Waals surface area contributed by atoms with Gasteiger partial charge < -0.3 is 4.74 Å². The first kappa shape index (κ1) is 15.1. The first-order chi connectivity index (χ1) is 12.2. The summed E-state index contributed by atoms with van der Waals surface area (Å²) in [7, 11) is 0. The lowest BCUT2D eigenvalue weighted by atomic mass is 10.2. The molecule has 7 heteroatoms. The van der Waals surface area contributed by atoms with Gasteiger partial charge >= 0.3 is 0 Å². The van der Waals surface area contributed by atoms with E-state index in [4.69, 9.17) is 4.74 Å². The lowest BCUT2D eigenvalue weighted by Gasteiger charge is -2.05. The molecule has 0 aliphatic rings. The number of fused-ring (bicyclic) bond motifs is 1. The van der Waals surface area contributed by atoms with Gasteiger partial charge in [-0.15, -0.1) is 0 Å². The third kappa shape index (κ3) is 3.12. The van der Waals surface area contributed by atoms with E-state index < -0.39 is 0 Å². The summed E-state index contributed by atoms with van der Waals surface area (Å²) >= 11 is 0. The summed E-state index contributed by atoms with van der Waals surface area (Å²) in [5.41, 5.74) is 2.28. The Hall–Kier alpha value is -3.48. The van der Waals surface area contributed by atoms with Crippen LogP contribution in [0.5, 0.6) is 5.75 Å². The Kier molecular flexibility index (Phi) is 3.74. The van der Waals surface area contributed by atoms with Gasteiger partial charge in [0.2, 0.25) is 0 Å². The molecule has 6 nitrogen and oxygen atoms in total. The van der Waals surface area contributed by atoms with Crippen LogP contribution in [0.15, 0.2) is 65.7 Å². The Balaban J connectivity index is 1.64. The van der Waals surface area contributed by atoms with Crippen LogP contribution in [0.3, 0.4) is 0 Å². The molecule has 0 saturated carbocycles. The number of aromatic amines is 1. The molecule has 0 fully saturated rings. The fourth-order valence-corrected chi connectivity index (χ4v) is 2.50.